The van der Waals surface area contributed by atoms with Crippen LogP contribution in [0.4, 0.5) is 8.78 Å². The number of hydrazone groups is 1. The Bertz CT molecular complexity index is 590. The van der Waals surface area contributed by atoms with Gasteiger partial charge in [-0.2, -0.15) is 13.9 Å². The lowest BCUT2D eigenvalue weighted by molar-refractivity contribution is -0.164. The summed E-state index contributed by atoms with van der Waals surface area (Å²) >= 11 is 3.04. The van der Waals surface area contributed by atoms with Gasteiger partial charge in [0.1, 0.15) is 0 Å². The second-order valence-electron chi connectivity index (χ2n) is 5.93. The molecule has 126 valence electrons. The summed E-state index contributed by atoms with van der Waals surface area (Å²) in [4.78, 5) is 24.4. The number of allylic oxidation sites excluding steroid dienone is 1. The van der Waals surface area contributed by atoms with Crippen molar-refractivity contribution in [1.82, 2.24) is 5.43 Å². The molecule has 23 heavy (non-hydrogen) atoms. The zero-order chi connectivity index (χ0) is 16.8. The maximum absolute atomic E-state index is 12.8. The van der Waals surface area contributed by atoms with Crippen LogP contribution in [0.3, 0.4) is 0 Å². The van der Waals surface area contributed by atoms with Crippen molar-refractivity contribution in [3.8, 4) is 0 Å². The molecule has 5 unspecified atom stereocenters. The first kappa shape index (κ1) is 16.2. The van der Waals surface area contributed by atoms with E-state index in [-0.39, 0.29) is 17.8 Å². The Balaban J connectivity index is 1.84. The quantitative estimate of drug-likeness (QED) is 0.591. The van der Waals surface area contributed by atoms with Crippen LogP contribution in [0.15, 0.2) is 16.9 Å². The first-order valence-electron chi connectivity index (χ1n) is 7.17. The van der Waals surface area contributed by atoms with Crippen LogP contribution in [0.25, 0.3) is 0 Å². The maximum Gasteiger partial charge on any atom is 0.324 e. The van der Waals surface area contributed by atoms with E-state index >= 15 is 0 Å². The van der Waals surface area contributed by atoms with Crippen LogP contribution in [-0.2, 0) is 19.1 Å². The summed E-state index contributed by atoms with van der Waals surface area (Å²) in [7, 11) is 1.24. The molecule has 6 nitrogen and oxygen atoms in total. The van der Waals surface area contributed by atoms with E-state index in [2.05, 4.69) is 23.2 Å². The van der Waals surface area contributed by atoms with Gasteiger partial charge in [-0.15, -0.1) is 12.6 Å². The third kappa shape index (κ3) is 2.82. The summed E-state index contributed by atoms with van der Waals surface area (Å²) in [6.07, 6.45) is 4.01. The Morgan fingerprint density at radius 2 is 2.17 bits per heavy atom. The van der Waals surface area contributed by atoms with Crippen molar-refractivity contribution in [2.75, 3.05) is 13.7 Å². The van der Waals surface area contributed by atoms with Crippen molar-refractivity contribution in [2.24, 2.45) is 34.7 Å². The smallest absolute Gasteiger partial charge is 0.324 e. The van der Waals surface area contributed by atoms with E-state index in [1.165, 1.54) is 7.11 Å². The van der Waals surface area contributed by atoms with Crippen molar-refractivity contribution in [2.45, 2.75) is 11.7 Å². The van der Waals surface area contributed by atoms with Gasteiger partial charge in [0.05, 0.1) is 18.9 Å². The largest absolute Gasteiger partial charge is 0.469 e. The minimum Gasteiger partial charge on any atom is -0.469 e. The molecule has 2 aliphatic carbocycles. The van der Waals surface area contributed by atoms with Crippen molar-refractivity contribution in [1.29, 1.82) is 0 Å². The van der Waals surface area contributed by atoms with E-state index in [4.69, 9.17) is 9.47 Å². The SMILES string of the molecule is COC(=O)C1C2CC(C3=CNN=CC32)C1C(=O)OCC(F)(F)S. The van der Waals surface area contributed by atoms with Gasteiger partial charge in [0.15, 0.2) is 6.61 Å². The average molecular weight is 346 g/mol. The summed E-state index contributed by atoms with van der Waals surface area (Å²) in [5, 5.41) is 0.560. The molecular formula is C14H16F2N2O4S. The summed E-state index contributed by atoms with van der Waals surface area (Å²) in [5.74, 6) is -3.29. The highest BCUT2D eigenvalue weighted by atomic mass is 32.1. The second-order valence-corrected chi connectivity index (χ2v) is 6.59. The van der Waals surface area contributed by atoms with E-state index in [1.807, 2.05) is 0 Å². The molecular weight excluding hydrogens is 330 g/mol. The number of methoxy groups -OCH3 is 1. The van der Waals surface area contributed by atoms with Crippen LogP contribution in [0.1, 0.15) is 6.42 Å². The fraction of sp³-hybridized carbons (Fsp3) is 0.643. The minimum atomic E-state index is -3.41. The summed E-state index contributed by atoms with van der Waals surface area (Å²) in [6, 6.07) is 0. The monoisotopic (exact) mass is 346 g/mol. The highest BCUT2D eigenvalue weighted by Gasteiger charge is 2.61. The Morgan fingerprint density at radius 1 is 1.43 bits per heavy atom. The van der Waals surface area contributed by atoms with Gasteiger partial charge < -0.3 is 9.47 Å². The molecule has 5 atom stereocenters. The molecule has 2 saturated carbocycles. The fourth-order valence-electron chi connectivity index (χ4n) is 3.97. The van der Waals surface area contributed by atoms with Crippen molar-refractivity contribution in [3.63, 3.8) is 0 Å². The van der Waals surface area contributed by atoms with Gasteiger partial charge in [-0.3, -0.25) is 15.0 Å². The van der Waals surface area contributed by atoms with Crippen LogP contribution < -0.4 is 5.43 Å². The molecule has 2 bridgehead atoms. The Morgan fingerprint density at radius 3 is 2.83 bits per heavy atom. The molecule has 0 amide bonds. The number of hydrogen-bond donors (Lipinski definition) is 2. The van der Waals surface area contributed by atoms with Crippen molar-refractivity contribution in [3.05, 3.63) is 11.8 Å². The number of esters is 2. The molecule has 9 heteroatoms. The van der Waals surface area contributed by atoms with Gasteiger partial charge in [-0.1, -0.05) is 0 Å². The number of fused-ring (bicyclic) bond motifs is 5. The molecule has 0 spiro atoms. The van der Waals surface area contributed by atoms with Gasteiger partial charge in [-0.05, 0) is 23.8 Å². The molecule has 0 aromatic heterocycles. The van der Waals surface area contributed by atoms with E-state index in [0.717, 1.165) is 5.57 Å². The number of ether oxygens (including phenoxy) is 2. The number of halogens is 2. The van der Waals surface area contributed by atoms with E-state index in [0.29, 0.717) is 6.42 Å². The Labute approximate surface area is 136 Å². The van der Waals surface area contributed by atoms with Gasteiger partial charge in [-0.25, -0.2) is 0 Å². The number of carbonyl (C=O) groups excluding carboxylic acids is 2. The number of alkyl halides is 2. The number of thiol groups is 1. The molecule has 1 N–H and O–H groups in total. The lowest BCUT2D eigenvalue weighted by Gasteiger charge is -2.34. The van der Waals surface area contributed by atoms with Crippen LogP contribution in [0.5, 0.6) is 0 Å². The molecule has 3 aliphatic rings. The van der Waals surface area contributed by atoms with Gasteiger partial charge >= 0.3 is 17.2 Å². The maximum atomic E-state index is 12.8. The van der Waals surface area contributed by atoms with Crippen LogP contribution in [0.2, 0.25) is 0 Å². The number of nitrogens with one attached hydrogen (secondary N) is 1. The normalized spacial score (nSPS) is 34.4. The van der Waals surface area contributed by atoms with Crippen molar-refractivity contribution < 1.29 is 27.8 Å². The zero-order valence-electron chi connectivity index (χ0n) is 12.2. The molecule has 0 radical (unpaired) electrons. The predicted molar refractivity (Wildman–Crippen MR) is 78.7 cm³/mol. The van der Waals surface area contributed by atoms with Crippen molar-refractivity contribution >= 4 is 30.8 Å². The molecule has 0 aromatic carbocycles. The fourth-order valence-corrected chi connectivity index (χ4v) is 4.03. The predicted octanol–water partition coefficient (Wildman–Crippen LogP) is 1.20. The molecule has 3 rings (SSSR count). The Kier molecular flexibility index (Phi) is 4.07. The number of nitrogens with zero attached hydrogens (tertiary/aromatic N) is 1. The van der Waals surface area contributed by atoms with Crippen LogP contribution in [-0.4, -0.2) is 37.1 Å². The molecule has 0 saturated heterocycles. The summed E-state index contributed by atoms with van der Waals surface area (Å²) in [5.41, 5.74) is 3.67. The average Bonchev–Trinajstić information content (AvgIpc) is 3.08. The second kappa shape index (κ2) is 5.77. The third-order valence-corrected chi connectivity index (χ3v) is 4.89. The lowest BCUT2D eigenvalue weighted by atomic mass is 9.71. The highest BCUT2D eigenvalue weighted by molar-refractivity contribution is 7.81. The third-order valence-electron chi connectivity index (χ3n) is 4.76. The number of hydrogen-bond acceptors (Lipinski definition) is 7. The molecule has 0 aromatic rings. The lowest BCUT2D eigenvalue weighted by Crippen LogP contribution is -2.42. The molecule has 2 fully saturated rings. The summed E-state index contributed by atoms with van der Waals surface area (Å²) < 4.78 is 35.1. The van der Waals surface area contributed by atoms with E-state index < -0.39 is 35.6 Å². The van der Waals surface area contributed by atoms with E-state index in [9.17, 15) is 18.4 Å². The van der Waals surface area contributed by atoms with Gasteiger partial charge in [0, 0.05) is 18.3 Å². The van der Waals surface area contributed by atoms with Crippen LogP contribution in [0, 0.1) is 29.6 Å². The Hall–Kier alpha value is -1.64. The van der Waals surface area contributed by atoms with Gasteiger partial charge in [0.25, 0.3) is 0 Å². The summed E-state index contributed by atoms with van der Waals surface area (Å²) in [6.45, 7) is -1.13. The minimum absolute atomic E-state index is 0.0410. The topological polar surface area (TPSA) is 77.0 Å². The number of rotatable bonds is 4. The van der Waals surface area contributed by atoms with Gasteiger partial charge in [0.2, 0.25) is 0 Å². The highest BCUT2D eigenvalue weighted by Crippen LogP contribution is 2.58. The van der Waals surface area contributed by atoms with Crippen LogP contribution >= 0.6 is 12.6 Å². The molecule has 1 aliphatic heterocycles. The van der Waals surface area contributed by atoms with E-state index in [1.54, 1.807) is 12.4 Å². The first-order valence-corrected chi connectivity index (χ1v) is 7.61. The number of carbonyl (C=O) groups is 2. The zero-order valence-corrected chi connectivity index (χ0v) is 13.1. The standard InChI is InChI=1S/C14H16F2N2O4S/c1-21-12(19)10-6-2-7(9-4-18-17-3-8(6)9)11(10)13(20)22-5-14(15,16)23/h3-4,6-8,10-11,18,23H,2,5H2,1H3. The molecule has 1 heterocycles. The first-order chi connectivity index (χ1) is 10.8.